The molecule has 8 heteroatoms. The van der Waals surface area contributed by atoms with Crippen molar-refractivity contribution in [1.82, 2.24) is 5.32 Å². The highest BCUT2D eigenvalue weighted by Crippen LogP contribution is 2.28. The van der Waals surface area contributed by atoms with Crippen LogP contribution in [0.5, 0.6) is 0 Å². The molecule has 2 aromatic rings. The van der Waals surface area contributed by atoms with Gasteiger partial charge in [0.15, 0.2) is 5.11 Å². The average molecular weight is 442 g/mol. The molecule has 2 heterocycles. The summed E-state index contributed by atoms with van der Waals surface area (Å²) < 4.78 is 0.913. The van der Waals surface area contributed by atoms with Gasteiger partial charge in [0.25, 0.3) is 11.8 Å². The van der Waals surface area contributed by atoms with Crippen LogP contribution in [0.2, 0.25) is 5.02 Å². The molecule has 0 saturated carbocycles. The number of carbonyl (C=O) groups is 2. The van der Waals surface area contributed by atoms with Gasteiger partial charge in [-0.1, -0.05) is 17.7 Å². The Bertz CT molecular complexity index is 907. The zero-order chi connectivity index (χ0) is 17.4. The number of rotatable bonds is 2. The summed E-state index contributed by atoms with van der Waals surface area (Å²) in [7, 11) is 0. The van der Waals surface area contributed by atoms with E-state index in [2.05, 4.69) is 21.2 Å². The van der Waals surface area contributed by atoms with E-state index in [1.165, 1.54) is 16.2 Å². The molecule has 1 aliphatic heterocycles. The van der Waals surface area contributed by atoms with Gasteiger partial charge >= 0.3 is 0 Å². The highest BCUT2D eigenvalue weighted by atomic mass is 79.9. The number of benzene rings is 1. The van der Waals surface area contributed by atoms with Crippen molar-refractivity contribution in [2.45, 2.75) is 6.92 Å². The number of amides is 2. The molecule has 2 amide bonds. The SMILES string of the molecule is Cc1ccc(N2C(=O)/C(=C/c3ccc(Br)s3)C(=O)NC2=S)cc1Cl. The van der Waals surface area contributed by atoms with Crippen LogP contribution in [-0.4, -0.2) is 16.9 Å². The summed E-state index contributed by atoms with van der Waals surface area (Å²) >= 11 is 16.1. The van der Waals surface area contributed by atoms with Crippen LogP contribution in [0.1, 0.15) is 10.4 Å². The van der Waals surface area contributed by atoms with Crippen LogP contribution in [0.3, 0.4) is 0 Å². The maximum absolute atomic E-state index is 12.8. The molecule has 1 N–H and O–H groups in total. The Morgan fingerprint density at radius 2 is 2.04 bits per heavy atom. The van der Waals surface area contributed by atoms with E-state index in [9.17, 15) is 9.59 Å². The molecular weight excluding hydrogens is 432 g/mol. The first-order valence-corrected chi connectivity index (χ1v) is 9.19. The first-order valence-electron chi connectivity index (χ1n) is 6.80. The molecule has 3 rings (SSSR count). The number of halogens is 2. The van der Waals surface area contributed by atoms with Crippen molar-refractivity contribution >= 4 is 79.8 Å². The van der Waals surface area contributed by atoms with Crippen molar-refractivity contribution in [2.75, 3.05) is 4.90 Å². The summed E-state index contributed by atoms with van der Waals surface area (Å²) in [6.45, 7) is 1.87. The maximum atomic E-state index is 12.8. The third-order valence-corrected chi connectivity index (χ3v) is 5.66. The van der Waals surface area contributed by atoms with Crippen LogP contribution >= 0.6 is 51.1 Å². The monoisotopic (exact) mass is 440 g/mol. The summed E-state index contributed by atoms with van der Waals surface area (Å²) in [4.78, 5) is 27.1. The van der Waals surface area contributed by atoms with Crippen LogP contribution in [0.25, 0.3) is 6.08 Å². The third-order valence-electron chi connectivity index (χ3n) is 3.40. The molecule has 0 bridgehead atoms. The minimum absolute atomic E-state index is 0.0228. The Balaban J connectivity index is 2.02. The van der Waals surface area contributed by atoms with Gasteiger partial charge in [-0.25, -0.2) is 0 Å². The zero-order valence-electron chi connectivity index (χ0n) is 12.3. The molecule has 0 unspecified atom stereocenters. The summed E-state index contributed by atoms with van der Waals surface area (Å²) in [6.07, 6.45) is 1.55. The topological polar surface area (TPSA) is 49.4 Å². The minimum Gasteiger partial charge on any atom is -0.298 e. The fourth-order valence-corrected chi connectivity index (χ4v) is 3.98. The average Bonchev–Trinajstić information content (AvgIpc) is 2.92. The Hall–Kier alpha value is -1.54. The quantitative estimate of drug-likeness (QED) is 0.429. The number of thiophene rings is 1. The van der Waals surface area contributed by atoms with Gasteiger partial charge in [0, 0.05) is 9.90 Å². The summed E-state index contributed by atoms with van der Waals surface area (Å²) in [5.41, 5.74) is 1.42. The van der Waals surface area contributed by atoms with E-state index in [-0.39, 0.29) is 10.7 Å². The number of hydrogen-bond acceptors (Lipinski definition) is 4. The van der Waals surface area contributed by atoms with E-state index >= 15 is 0 Å². The number of thiocarbonyl (C=S) groups is 1. The molecule has 1 saturated heterocycles. The van der Waals surface area contributed by atoms with Gasteiger partial charge in [0.2, 0.25) is 0 Å². The molecule has 24 heavy (non-hydrogen) atoms. The molecule has 0 atom stereocenters. The van der Waals surface area contributed by atoms with E-state index in [0.717, 1.165) is 14.2 Å². The molecule has 1 aromatic heterocycles. The van der Waals surface area contributed by atoms with Crippen LogP contribution in [0.15, 0.2) is 39.7 Å². The Kier molecular flexibility index (Phi) is 4.87. The van der Waals surface area contributed by atoms with Gasteiger partial charge in [-0.05, 0) is 71.0 Å². The van der Waals surface area contributed by atoms with E-state index in [4.69, 9.17) is 23.8 Å². The molecule has 0 aliphatic carbocycles. The number of nitrogens with zero attached hydrogens (tertiary/aromatic N) is 1. The second-order valence-electron chi connectivity index (χ2n) is 5.03. The normalized spacial score (nSPS) is 16.7. The van der Waals surface area contributed by atoms with Crippen molar-refractivity contribution in [3.63, 3.8) is 0 Å². The van der Waals surface area contributed by atoms with Gasteiger partial charge in [-0.3, -0.25) is 19.8 Å². The van der Waals surface area contributed by atoms with Gasteiger partial charge in [-0.15, -0.1) is 11.3 Å². The maximum Gasteiger partial charge on any atom is 0.270 e. The minimum atomic E-state index is -0.510. The van der Waals surface area contributed by atoms with Crippen molar-refractivity contribution in [3.05, 3.63) is 55.2 Å². The standard InChI is InChI=1S/C16H10BrClN2O2S2/c1-8-2-3-9(6-12(8)18)20-15(22)11(14(21)19-16(20)23)7-10-4-5-13(17)24-10/h2-7H,1H3,(H,19,21,23)/b11-7+. The van der Waals surface area contributed by atoms with Crippen LogP contribution < -0.4 is 10.2 Å². The number of carbonyl (C=O) groups excluding carboxylic acids is 2. The molecule has 1 aromatic carbocycles. The summed E-state index contributed by atoms with van der Waals surface area (Å²) in [5.74, 6) is -0.989. The molecule has 1 fully saturated rings. The lowest BCUT2D eigenvalue weighted by molar-refractivity contribution is -0.122. The first kappa shape index (κ1) is 17.3. The number of hydrogen-bond donors (Lipinski definition) is 1. The zero-order valence-corrected chi connectivity index (χ0v) is 16.3. The van der Waals surface area contributed by atoms with Crippen molar-refractivity contribution in [2.24, 2.45) is 0 Å². The lowest BCUT2D eigenvalue weighted by Gasteiger charge is -2.29. The van der Waals surface area contributed by atoms with Crippen LogP contribution in [-0.2, 0) is 9.59 Å². The van der Waals surface area contributed by atoms with Crippen molar-refractivity contribution < 1.29 is 9.59 Å². The number of anilines is 1. The third kappa shape index (κ3) is 3.30. The second kappa shape index (κ2) is 6.76. The second-order valence-corrected chi connectivity index (χ2v) is 8.32. The smallest absolute Gasteiger partial charge is 0.270 e. The summed E-state index contributed by atoms with van der Waals surface area (Å²) in [5, 5.41) is 3.11. The Morgan fingerprint density at radius 3 is 2.67 bits per heavy atom. The Labute approximate surface area is 161 Å². The molecule has 0 radical (unpaired) electrons. The highest BCUT2D eigenvalue weighted by Gasteiger charge is 2.34. The molecule has 0 spiro atoms. The van der Waals surface area contributed by atoms with Gasteiger partial charge in [-0.2, -0.15) is 0 Å². The summed E-state index contributed by atoms with van der Waals surface area (Å²) in [6, 6.07) is 8.86. The first-order chi connectivity index (χ1) is 11.4. The number of aryl methyl sites for hydroxylation is 1. The van der Waals surface area contributed by atoms with Crippen LogP contribution in [0, 0.1) is 6.92 Å². The predicted molar refractivity (Wildman–Crippen MR) is 104 cm³/mol. The molecule has 122 valence electrons. The number of nitrogens with one attached hydrogen (secondary N) is 1. The molecular formula is C16H10BrClN2O2S2. The van der Waals surface area contributed by atoms with Crippen molar-refractivity contribution in [3.8, 4) is 0 Å². The van der Waals surface area contributed by atoms with E-state index in [0.29, 0.717) is 10.7 Å². The molecule has 1 aliphatic rings. The largest absolute Gasteiger partial charge is 0.298 e. The van der Waals surface area contributed by atoms with Gasteiger partial charge in [0.1, 0.15) is 5.57 Å². The van der Waals surface area contributed by atoms with E-state index in [1.807, 2.05) is 19.1 Å². The van der Waals surface area contributed by atoms with E-state index in [1.54, 1.807) is 24.3 Å². The Morgan fingerprint density at radius 1 is 1.29 bits per heavy atom. The van der Waals surface area contributed by atoms with Gasteiger partial charge < -0.3 is 0 Å². The van der Waals surface area contributed by atoms with Crippen LogP contribution in [0.4, 0.5) is 5.69 Å². The highest BCUT2D eigenvalue weighted by molar-refractivity contribution is 9.11. The molecule has 4 nitrogen and oxygen atoms in total. The van der Waals surface area contributed by atoms with E-state index < -0.39 is 11.8 Å². The lowest BCUT2D eigenvalue weighted by atomic mass is 10.1. The predicted octanol–water partition coefficient (Wildman–Crippen LogP) is 4.30. The fourth-order valence-electron chi connectivity index (χ4n) is 2.16. The van der Waals surface area contributed by atoms with Crippen molar-refractivity contribution in [1.29, 1.82) is 0 Å². The van der Waals surface area contributed by atoms with Gasteiger partial charge in [0.05, 0.1) is 9.47 Å². The fraction of sp³-hybridized carbons (Fsp3) is 0.0625. The lowest BCUT2D eigenvalue weighted by Crippen LogP contribution is -2.54.